The summed E-state index contributed by atoms with van der Waals surface area (Å²) in [5.74, 6) is 0.272. The summed E-state index contributed by atoms with van der Waals surface area (Å²) in [5.41, 5.74) is -0.0697. The normalized spacial score (nSPS) is 9.50. The van der Waals surface area contributed by atoms with Gasteiger partial charge in [-0.2, -0.15) is 5.26 Å². The van der Waals surface area contributed by atoms with Gasteiger partial charge in [-0.15, -0.1) is 0 Å². The molecule has 0 aliphatic carbocycles. The molecule has 0 fully saturated rings. The van der Waals surface area contributed by atoms with Crippen LogP contribution in [0.25, 0.3) is 0 Å². The predicted molar refractivity (Wildman–Crippen MR) is 58.4 cm³/mol. The first-order valence-electron chi connectivity index (χ1n) is 4.59. The number of hydrogen-bond donors (Lipinski definition) is 0. The zero-order chi connectivity index (χ0) is 12.0. The van der Waals surface area contributed by atoms with Crippen molar-refractivity contribution in [2.24, 2.45) is 0 Å². The van der Waals surface area contributed by atoms with Gasteiger partial charge in [-0.25, -0.2) is 0 Å². The predicted octanol–water partition coefficient (Wildman–Crippen LogP) is 2.93. The third-order valence-electron chi connectivity index (χ3n) is 1.82. The first kappa shape index (κ1) is 12.3. The third-order valence-corrected chi connectivity index (χ3v) is 2.13. The molecule has 6 heteroatoms. The van der Waals surface area contributed by atoms with E-state index in [1.807, 2.05) is 6.07 Å². The molecule has 16 heavy (non-hydrogen) atoms. The van der Waals surface area contributed by atoms with Crippen molar-refractivity contribution < 1.29 is 9.66 Å². The minimum absolute atomic E-state index is 0.0697. The number of nitro groups is 1. The highest BCUT2D eigenvalue weighted by atomic mass is 35.5. The van der Waals surface area contributed by atoms with E-state index in [1.165, 1.54) is 18.2 Å². The quantitative estimate of drug-likeness (QED) is 0.450. The Balaban J connectivity index is 2.67. The summed E-state index contributed by atoms with van der Waals surface area (Å²) < 4.78 is 5.24. The van der Waals surface area contributed by atoms with E-state index in [4.69, 9.17) is 21.6 Å². The van der Waals surface area contributed by atoms with E-state index in [0.717, 1.165) is 0 Å². The average Bonchev–Trinajstić information content (AvgIpc) is 2.26. The van der Waals surface area contributed by atoms with E-state index in [9.17, 15) is 10.1 Å². The lowest BCUT2D eigenvalue weighted by atomic mass is 10.3. The molecule has 0 aromatic heterocycles. The van der Waals surface area contributed by atoms with Crippen molar-refractivity contribution in [3.8, 4) is 11.8 Å². The molecular weight excluding hydrogens is 232 g/mol. The molecule has 1 rings (SSSR count). The van der Waals surface area contributed by atoms with E-state index < -0.39 is 4.92 Å². The maximum atomic E-state index is 10.5. The van der Waals surface area contributed by atoms with Gasteiger partial charge < -0.3 is 4.74 Å². The molecule has 0 radical (unpaired) electrons. The molecule has 84 valence electrons. The van der Waals surface area contributed by atoms with Gasteiger partial charge in [0.15, 0.2) is 0 Å². The Kier molecular flexibility index (Phi) is 4.55. The molecule has 0 bridgehead atoms. The highest BCUT2D eigenvalue weighted by molar-refractivity contribution is 6.32. The summed E-state index contributed by atoms with van der Waals surface area (Å²) in [6.07, 6.45) is 0.946. The van der Waals surface area contributed by atoms with Crippen LogP contribution in [0.15, 0.2) is 18.2 Å². The first-order chi connectivity index (χ1) is 7.65. The molecule has 0 unspecified atom stereocenters. The van der Waals surface area contributed by atoms with Crippen LogP contribution in [0.1, 0.15) is 12.8 Å². The summed E-state index contributed by atoms with van der Waals surface area (Å²) in [7, 11) is 0. The molecule has 0 saturated carbocycles. The number of hydrogen-bond acceptors (Lipinski definition) is 4. The summed E-state index contributed by atoms with van der Waals surface area (Å²) >= 11 is 5.80. The Morgan fingerprint density at radius 1 is 1.56 bits per heavy atom. The molecule has 0 heterocycles. The molecule has 0 amide bonds. The number of nitrogens with zero attached hydrogens (tertiary/aromatic N) is 2. The van der Waals surface area contributed by atoms with Crippen molar-refractivity contribution in [1.29, 1.82) is 5.26 Å². The molecule has 0 aliphatic rings. The van der Waals surface area contributed by atoms with Crippen LogP contribution < -0.4 is 4.74 Å². The van der Waals surface area contributed by atoms with Gasteiger partial charge in [-0.1, -0.05) is 11.6 Å². The third kappa shape index (κ3) is 3.41. The van der Waals surface area contributed by atoms with Gasteiger partial charge in [0.05, 0.1) is 28.7 Å². The topological polar surface area (TPSA) is 76.2 Å². The minimum atomic E-state index is -0.515. The van der Waals surface area contributed by atoms with Crippen LogP contribution in [0.5, 0.6) is 5.75 Å². The summed E-state index contributed by atoms with van der Waals surface area (Å²) in [4.78, 5) is 9.99. The second-order valence-electron chi connectivity index (χ2n) is 2.98. The van der Waals surface area contributed by atoms with E-state index in [0.29, 0.717) is 24.5 Å². The molecule has 0 N–H and O–H groups in total. The van der Waals surface area contributed by atoms with E-state index in [-0.39, 0.29) is 11.4 Å². The van der Waals surface area contributed by atoms with Crippen LogP contribution in [0, 0.1) is 21.4 Å². The zero-order valence-electron chi connectivity index (χ0n) is 8.35. The number of benzene rings is 1. The van der Waals surface area contributed by atoms with Crippen molar-refractivity contribution in [2.75, 3.05) is 6.61 Å². The maximum Gasteiger partial charge on any atom is 0.273 e. The summed E-state index contributed by atoms with van der Waals surface area (Å²) in [6, 6.07) is 5.98. The van der Waals surface area contributed by atoms with Gasteiger partial charge in [-0.3, -0.25) is 10.1 Å². The minimum Gasteiger partial charge on any atom is -0.492 e. The maximum absolute atomic E-state index is 10.5. The lowest BCUT2D eigenvalue weighted by Crippen LogP contribution is -1.98. The number of nitro benzene ring substituents is 1. The molecule has 0 atom stereocenters. The lowest BCUT2D eigenvalue weighted by Gasteiger charge is -2.06. The van der Waals surface area contributed by atoms with Crippen LogP contribution in [0.3, 0.4) is 0 Å². The monoisotopic (exact) mass is 240 g/mol. The Labute approximate surface area is 97.4 Å². The van der Waals surface area contributed by atoms with Crippen molar-refractivity contribution >= 4 is 17.3 Å². The number of halogens is 1. The Bertz CT molecular complexity index is 429. The molecule has 0 spiro atoms. The van der Waals surface area contributed by atoms with Crippen LogP contribution in [0.4, 0.5) is 5.69 Å². The number of nitriles is 1. The highest BCUT2D eigenvalue weighted by Gasteiger charge is 2.10. The lowest BCUT2D eigenvalue weighted by molar-refractivity contribution is -0.384. The van der Waals surface area contributed by atoms with Gasteiger partial charge in [0.1, 0.15) is 5.75 Å². The van der Waals surface area contributed by atoms with Crippen LogP contribution in [0.2, 0.25) is 5.02 Å². The summed E-state index contributed by atoms with van der Waals surface area (Å²) in [5, 5.41) is 19.1. The summed E-state index contributed by atoms with van der Waals surface area (Å²) in [6.45, 7) is 0.314. The zero-order valence-corrected chi connectivity index (χ0v) is 9.11. The van der Waals surface area contributed by atoms with E-state index in [2.05, 4.69) is 0 Å². The smallest absolute Gasteiger partial charge is 0.273 e. The van der Waals surface area contributed by atoms with E-state index >= 15 is 0 Å². The van der Waals surface area contributed by atoms with Gasteiger partial charge in [0.25, 0.3) is 5.69 Å². The van der Waals surface area contributed by atoms with Crippen molar-refractivity contribution in [3.63, 3.8) is 0 Å². The number of ether oxygens (including phenoxy) is 1. The van der Waals surface area contributed by atoms with Gasteiger partial charge >= 0.3 is 0 Å². The fourth-order valence-electron chi connectivity index (χ4n) is 1.05. The SMILES string of the molecule is N#CCCCOc1cc([N+](=O)[O-])ccc1Cl. The molecule has 1 aromatic carbocycles. The molecule has 0 aliphatic heterocycles. The standard InChI is InChI=1S/C10H9ClN2O3/c11-9-4-3-8(13(14)15)7-10(9)16-6-2-1-5-12/h3-4,7H,1-2,6H2. The van der Waals surface area contributed by atoms with Crippen LogP contribution >= 0.6 is 11.6 Å². The van der Waals surface area contributed by atoms with Crippen LogP contribution in [-0.4, -0.2) is 11.5 Å². The molecule has 1 aromatic rings. The first-order valence-corrected chi connectivity index (χ1v) is 4.96. The Morgan fingerprint density at radius 2 is 2.31 bits per heavy atom. The molecular formula is C10H9ClN2O3. The molecule has 5 nitrogen and oxygen atoms in total. The Hall–Kier alpha value is -1.80. The number of non-ortho nitro benzene ring substituents is 1. The molecule has 0 saturated heterocycles. The Morgan fingerprint density at radius 3 is 2.94 bits per heavy atom. The fourth-order valence-corrected chi connectivity index (χ4v) is 1.22. The van der Waals surface area contributed by atoms with Gasteiger partial charge in [0, 0.05) is 12.5 Å². The number of unbranched alkanes of at least 4 members (excludes halogenated alkanes) is 1. The van der Waals surface area contributed by atoms with Gasteiger partial charge in [-0.05, 0) is 12.5 Å². The van der Waals surface area contributed by atoms with Gasteiger partial charge in [0.2, 0.25) is 0 Å². The average molecular weight is 241 g/mol. The van der Waals surface area contributed by atoms with Crippen LogP contribution in [-0.2, 0) is 0 Å². The second kappa shape index (κ2) is 5.93. The second-order valence-corrected chi connectivity index (χ2v) is 3.39. The van der Waals surface area contributed by atoms with E-state index in [1.54, 1.807) is 0 Å². The highest BCUT2D eigenvalue weighted by Crippen LogP contribution is 2.28. The van der Waals surface area contributed by atoms with Crippen molar-refractivity contribution in [3.05, 3.63) is 33.3 Å². The largest absolute Gasteiger partial charge is 0.492 e. The van der Waals surface area contributed by atoms with Crippen molar-refractivity contribution in [1.82, 2.24) is 0 Å². The fraction of sp³-hybridized carbons (Fsp3) is 0.300. The van der Waals surface area contributed by atoms with Crippen molar-refractivity contribution in [2.45, 2.75) is 12.8 Å². The number of rotatable bonds is 5.